The van der Waals surface area contributed by atoms with E-state index in [4.69, 9.17) is 14.2 Å². The molecule has 0 amide bonds. The summed E-state index contributed by atoms with van der Waals surface area (Å²) in [4.78, 5) is 38.1. The molecule has 438 valence electrons. The fourth-order valence-corrected chi connectivity index (χ4v) is 8.78. The molecule has 0 heterocycles. The average Bonchev–Trinajstić information content (AvgIpc) is 3.43. The maximum absolute atomic E-state index is 12.8. The second-order valence-corrected chi connectivity index (χ2v) is 20.9. The highest BCUT2D eigenvalue weighted by Gasteiger charge is 2.19. The number of rotatable bonds is 57. The van der Waals surface area contributed by atoms with E-state index in [-0.39, 0.29) is 31.6 Å². The molecule has 0 fully saturated rings. The first-order valence-electron chi connectivity index (χ1n) is 32.0. The van der Waals surface area contributed by atoms with Gasteiger partial charge < -0.3 is 14.2 Å². The third kappa shape index (κ3) is 62.5. The first kappa shape index (κ1) is 72.8. The van der Waals surface area contributed by atoms with Crippen LogP contribution in [0.5, 0.6) is 0 Å². The lowest BCUT2D eigenvalue weighted by Gasteiger charge is -2.18. The van der Waals surface area contributed by atoms with E-state index in [1.165, 1.54) is 148 Å². The molecule has 1 unspecified atom stereocenters. The molecule has 0 spiro atoms. The monoisotopic (exact) mass is 1070 g/mol. The molecule has 0 saturated heterocycles. The van der Waals surface area contributed by atoms with Gasteiger partial charge in [-0.2, -0.15) is 0 Å². The second kappa shape index (κ2) is 64.3. The fraction of sp³-hybridized carbons (Fsp3) is 0.676. The highest BCUT2D eigenvalue weighted by atomic mass is 16.6. The Balaban J connectivity index is 4.18. The third-order valence-electron chi connectivity index (χ3n) is 13.5. The van der Waals surface area contributed by atoms with Crippen molar-refractivity contribution >= 4 is 17.9 Å². The van der Waals surface area contributed by atoms with Crippen molar-refractivity contribution in [2.75, 3.05) is 13.2 Å². The molecule has 0 bridgehead atoms. The van der Waals surface area contributed by atoms with Crippen molar-refractivity contribution in [2.24, 2.45) is 0 Å². The Labute approximate surface area is 475 Å². The normalized spacial score (nSPS) is 12.9. The summed E-state index contributed by atoms with van der Waals surface area (Å²) in [5.41, 5.74) is 0. The summed E-state index contributed by atoms with van der Waals surface area (Å²) in [6, 6.07) is 0. The number of ether oxygens (including phenoxy) is 3. The number of carbonyl (C=O) groups is 3. The van der Waals surface area contributed by atoms with Crippen molar-refractivity contribution in [3.63, 3.8) is 0 Å². The molecule has 0 aliphatic rings. The minimum absolute atomic E-state index is 0.0969. The summed E-state index contributed by atoms with van der Waals surface area (Å²) in [6.45, 7) is 6.33. The largest absolute Gasteiger partial charge is 0.462 e. The molecule has 0 saturated carbocycles. The minimum Gasteiger partial charge on any atom is -0.462 e. The van der Waals surface area contributed by atoms with E-state index in [9.17, 15) is 14.4 Å². The van der Waals surface area contributed by atoms with Crippen molar-refractivity contribution in [2.45, 2.75) is 297 Å². The van der Waals surface area contributed by atoms with Crippen molar-refractivity contribution in [3.8, 4) is 0 Å². The van der Waals surface area contributed by atoms with E-state index in [0.717, 1.165) is 103 Å². The van der Waals surface area contributed by atoms with E-state index in [2.05, 4.69) is 130 Å². The zero-order chi connectivity index (χ0) is 55.7. The molecular weight excluding hydrogens is 949 g/mol. The van der Waals surface area contributed by atoms with Gasteiger partial charge in [0.25, 0.3) is 0 Å². The third-order valence-corrected chi connectivity index (χ3v) is 13.5. The predicted molar refractivity (Wildman–Crippen MR) is 334 cm³/mol. The Morgan fingerprint density at radius 2 is 0.545 bits per heavy atom. The molecule has 0 rings (SSSR count). The van der Waals surface area contributed by atoms with Crippen LogP contribution in [0.15, 0.2) is 122 Å². The van der Waals surface area contributed by atoms with Crippen LogP contribution in [-0.4, -0.2) is 37.2 Å². The van der Waals surface area contributed by atoms with E-state index < -0.39 is 12.1 Å². The summed E-state index contributed by atoms with van der Waals surface area (Å²) >= 11 is 0. The summed E-state index contributed by atoms with van der Waals surface area (Å²) in [5, 5.41) is 0. The van der Waals surface area contributed by atoms with Gasteiger partial charge in [-0.15, -0.1) is 0 Å². The lowest BCUT2D eigenvalue weighted by Crippen LogP contribution is -2.30. The van der Waals surface area contributed by atoms with E-state index in [1.807, 2.05) is 6.08 Å². The molecule has 0 N–H and O–H groups in total. The average molecular weight is 1070 g/mol. The van der Waals surface area contributed by atoms with Gasteiger partial charge in [0.15, 0.2) is 6.10 Å². The molecule has 1 atom stereocenters. The van der Waals surface area contributed by atoms with Gasteiger partial charge in [0.2, 0.25) is 0 Å². The summed E-state index contributed by atoms with van der Waals surface area (Å²) in [6.07, 6.45) is 89.7. The molecular formula is C71H118O6. The smallest absolute Gasteiger partial charge is 0.310 e. The quantitative estimate of drug-likeness (QED) is 0.0261. The van der Waals surface area contributed by atoms with E-state index in [0.29, 0.717) is 12.8 Å². The highest BCUT2D eigenvalue weighted by Crippen LogP contribution is 2.16. The van der Waals surface area contributed by atoms with Gasteiger partial charge in [-0.25, -0.2) is 0 Å². The van der Waals surface area contributed by atoms with Gasteiger partial charge in [0.05, 0.1) is 6.42 Å². The molecule has 6 heteroatoms. The summed E-state index contributed by atoms with van der Waals surface area (Å²) < 4.78 is 16.8. The maximum atomic E-state index is 12.8. The van der Waals surface area contributed by atoms with Crippen LogP contribution in [0, 0.1) is 0 Å². The first-order chi connectivity index (χ1) is 38.0. The molecule has 0 radical (unpaired) electrons. The zero-order valence-corrected chi connectivity index (χ0v) is 50.2. The van der Waals surface area contributed by atoms with Crippen LogP contribution < -0.4 is 0 Å². The molecule has 0 aromatic carbocycles. The molecule has 0 aliphatic carbocycles. The van der Waals surface area contributed by atoms with Crippen molar-refractivity contribution in [3.05, 3.63) is 122 Å². The number of esters is 3. The van der Waals surface area contributed by atoms with Crippen LogP contribution in [0.1, 0.15) is 290 Å². The lowest BCUT2D eigenvalue weighted by atomic mass is 10.0. The van der Waals surface area contributed by atoms with Crippen LogP contribution in [0.3, 0.4) is 0 Å². The SMILES string of the molecule is CC/C=C\C/C=C\C/C=C\C/C=C\C/C=C\CCCCCCCCCCCCCCCCCCCC(=O)OCC(COC(=O)CCCCCCCCCCCCC)OC(=O)C/C=C\C/C=C\C/C=C\C/C=C\C/C=C\CC. The zero-order valence-electron chi connectivity index (χ0n) is 50.2. The Bertz CT molecular complexity index is 1600. The molecule has 77 heavy (non-hydrogen) atoms. The van der Waals surface area contributed by atoms with Crippen molar-refractivity contribution in [1.82, 2.24) is 0 Å². The van der Waals surface area contributed by atoms with Gasteiger partial charge in [-0.1, -0.05) is 303 Å². The van der Waals surface area contributed by atoms with Crippen molar-refractivity contribution in [1.29, 1.82) is 0 Å². The highest BCUT2D eigenvalue weighted by molar-refractivity contribution is 5.72. The van der Waals surface area contributed by atoms with Gasteiger partial charge in [0, 0.05) is 12.8 Å². The summed E-state index contributed by atoms with van der Waals surface area (Å²) in [5.74, 6) is -1.04. The second-order valence-electron chi connectivity index (χ2n) is 20.9. The van der Waals surface area contributed by atoms with Gasteiger partial charge in [0.1, 0.15) is 13.2 Å². The van der Waals surface area contributed by atoms with Gasteiger partial charge in [-0.05, 0) is 89.9 Å². The topological polar surface area (TPSA) is 78.9 Å². The van der Waals surface area contributed by atoms with Crippen molar-refractivity contribution < 1.29 is 28.6 Å². The van der Waals surface area contributed by atoms with Gasteiger partial charge in [-0.3, -0.25) is 14.4 Å². The Morgan fingerprint density at radius 1 is 0.286 bits per heavy atom. The fourth-order valence-electron chi connectivity index (χ4n) is 8.78. The Morgan fingerprint density at radius 3 is 0.857 bits per heavy atom. The number of carbonyl (C=O) groups excluding carboxylic acids is 3. The Kier molecular flexibility index (Phi) is 60.8. The standard InChI is InChI=1S/C71H118O6/c1-4-7-10-13-16-19-22-24-26-27-28-29-30-31-32-33-34-35-36-37-38-39-40-41-42-43-45-46-49-52-55-58-61-64-70(73)76-67-68(66-75-69(72)63-60-57-54-51-48-21-18-15-12-9-6-3)77-71(74)65-62-59-56-53-50-47-44-25-23-20-17-14-11-8-5-2/h7-8,10-11,16-17,19-20,24-26,28-29,31-32,44,50,53,59,62,68H,4-6,9,12-15,18,21-23,27,30,33-43,45-49,51-52,54-58,60-61,63-67H2,1-3H3/b10-7-,11-8-,19-16-,20-17-,26-24-,29-28-,32-31-,44-25-,53-50-,62-59-. The minimum atomic E-state index is -0.831. The van der Waals surface area contributed by atoms with Crippen LogP contribution in [-0.2, 0) is 28.6 Å². The van der Waals surface area contributed by atoms with Crippen LogP contribution >= 0.6 is 0 Å². The first-order valence-corrected chi connectivity index (χ1v) is 32.0. The van der Waals surface area contributed by atoms with E-state index in [1.54, 1.807) is 6.08 Å². The number of unbranched alkanes of at least 4 members (excludes halogenated alkanes) is 27. The number of hydrogen-bond acceptors (Lipinski definition) is 6. The molecule has 6 nitrogen and oxygen atoms in total. The molecule has 0 aliphatic heterocycles. The predicted octanol–water partition coefficient (Wildman–Crippen LogP) is 22.0. The summed E-state index contributed by atoms with van der Waals surface area (Å²) in [7, 11) is 0. The van der Waals surface area contributed by atoms with Gasteiger partial charge >= 0.3 is 17.9 Å². The van der Waals surface area contributed by atoms with Crippen LogP contribution in [0.2, 0.25) is 0 Å². The van der Waals surface area contributed by atoms with E-state index >= 15 is 0 Å². The maximum Gasteiger partial charge on any atom is 0.310 e. The Hall–Kier alpha value is -4.19. The molecule has 0 aromatic heterocycles. The lowest BCUT2D eigenvalue weighted by molar-refractivity contribution is -0.166. The van der Waals surface area contributed by atoms with Crippen LogP contribution in [0.4, 0.5) is 0 Å². The molecule has 0 aromatic rings. The number of hydrogen-bond donors (Lipinski definition) is 0. The number of allylic oxidation sites excluding steroid dienone is 19. The van der Waals surface area contributed by atoms with Crippen LogP contribution in [0.25, 0.3) is 0 Å².